The summed E-state index contributed by atoms with van der Waals surface area (Å²) in [7, 11) is 0. The van der Waals surface area contributed by atoms with Crippen LogP contribution in [0.15, 0.2) is 45.5 Å². The van der Waals surface area contributed by atoms with E-state index in [1.165, 1.54) is 12.1 Å². The number of hydrogen-bond acceptors (Lipinski definition) is 4. The normalized spacial score (nSPS) is 25.7. The van der Waals surface area contributed by atoms with Gasteiger partial charge in [0.2, 0.25) is 0 Å². The molecular formula is C21H24BrFN2O4. The average molecular weight is 467 g/mol. The Bertz CT molecular complexity index is 914. The summed E-state index contributed by atoms with van der Waals surface area (Å²) < 4.78 is 14.5. The van der Waals surface area contributed by atoms with Crippen molar-refractivity contribution in [3.05, 3.63) is 56.8 Å². The van der Waals surface area contributed by atoms with E-state index in [0.717, 1.165) is 12.8 Å². The van der Waals surface area contributed by atoms with Crippen molar-refractivity contribution in [1.29, 1.82) is 0 Å². The third-order valence-corrected chi connectivity index (χ3v) is 6.60. The number of allylic oxidation sites excluding steroid dienone is 2. The van der Waals surface area contributed by atoms with Gasteiger partial charge < -0.3 is 15.9 Å². The molecule has 0 spiro atoms. The molecule has 0 bridgehead atoms. The van der Waals surface area contributed by atoms with Gasteiger partial charge >= 0.3 is 11.9 Å². The number of piperidine rings is 1. The van der Waals surface area contributed by atoms with Crippen molar-refractivity contribution in [1.82, 2.24) is 4.90 Å². The number of nitrogens with zero attached hydrogens (tertiary/aromatic N) is 1. The molecule has 0 amide bonds. The molecular weight excluding hydrogens is 443 g/mol. The largest absolute Gasteiger partial charge is 0.480 e. The van der Waals surface area contributed by atoms with E-state index >= 15 is 0 Å². The van der Waals surface area contributed by atoms with E-state index < -0.39 is 23.3 Å². The van der Waals surface area contributed by atoms with Gasteiger partial charge in [-0.25, -0.2) is 14.0 Å². The molecule has 1 aromatic rings. The molecule has 2 aliphatic rings. The summed E-state index contributed by atoms with van der Waals surface area (Å²) in [5.41, 5.74) is 6.32. The first-order chi connectivity index (χ1) is 13.6. The number of hydrogen-bond donors (Lipinski definition) is 3. The Morgan fingerprint density at radius 3 is 2.72 bits per heavy atom. The first-order valence-corrected chi connectivity index (χ1v) is 10.3. The first-order valence-electron chi connectivity index (χ1n) is 9.47. The van der Waals surface area contributed by atoms with Crippen molar-refractivity contribution < 1.29 is 24.2 Å². The number of nitrogens with two attached hydrogens (primary N) is 1. The summed E-state index contributed by atoms with van der Waals surface area (Å²) in [4.78, 5) is 26.3. The predicted octanol–water partition coefficient (Wildman–Crippen LogP) is 3.11. The number of carboxylic acid groups (broad SMARTS) is 2. The lowest BCUT2D eigenvalue weighted by Gasteiger charge is -2.47. The van der Waals surface area contributed by atoms with E-state index in [1.807, 2.05) is 0 Å². The molecule has 0 aromatic heterocycles. The number of likely N-dealkylation sites (tertiary alicyclic amines) is 1. The predicted molar refractivity (Wildman–Crippen MR) is 110 cm³/mol. The molecule has 1 aliphatic carbocycles. The highest BCUT2D eigenvalue weighted by Gasteiger charge is 2.51. The van der Waals surface area contributed by atoms with Crippen molar-refractivity contribution in [2.24, 2.45) is 5.73 Å². The highest BCUT2D eigenvalue weighted by molar-refractivity contribution is 9.10. The van der Waals surface area contributed by atoms with Gasteiger partial charge in [-0.2, -0.15) is 0 Å². The molecule has 4 N–H and O–H groups in total. The summed E-state index contributed by atoms with van der Waals surface area (Å²) in [5.74, 6) is -2.66. The lowest BCUT2D eigenvalue weighted by Crippen LogP contribution is -2.62. The molecule has 8 heteroatoms. The highest BCUT2D eigenvalue weighted by atomic mass is 79.9. The minimum atomic E-state index is -1.53. The third-order valence-electron chi connectivity index (χ3n) is 5.83. The van der Waals surface area contributed by atoms with E-state index in [1.54, 1.807) is 24.0 Å². The fourth-order valence-corrected chi connectivity index (χ4v) is 4.71. The standard InChI is InChI=1S/C21H24BrFN2O4/c1-12-7-14(8-13-9-15(23)4-5-18(13)22)21(20(28)29,10-17(12)19(26)27)25-6-2-3-16(24)11-25/h4-5,7,9,16H,2-3,6,8,10-11,24H2,1H3,(H,26,27)(H,28,29). The second-order valence-corrected chi connectivity index (χ2v) is 8.59. The fourth-order valence-electron chi connectivity index (χ4n) is 4.32. The molecule has 2 atom stereocenters. The van der Waals surface area contributed by atoms with Gasteiger partial charge in [-0.15, -0.1) is 0 Å². The lowest BCUT2D eigenvalue weighted by atomic mass is 9.73. The molecule has 6 nitrogen and oxygen atoms in total. The molecule has 156 valence electrons. The Morgan fingerprint density at radius 1 is 1.38 bits per heavy atom. The Balaban J connectivity index is 2.15. The molecule has 29 heavy (non-hydrogen) atoms. The Labute approximate surface area is 177 Å². The molecule has 1 aliphatic heterocycles. The van der Waals surface area contributed by atoms with Gasteiger partial charge in [0.05, 0.1) is 0 Å². The van der Waals surface area contributed by atoms with Gasteiger partial charge in [-0.3, -0.25) is 4.90 Å². The Morgan fingerprint density at radius 2 is 2.10 bits per heavy atom. The number of rotatable bonds is 5. The van der Waals surface area contributed by atoms with E-state index in [9.17, 15) is 24.2 Å². The molecule has 1 aromatic carbocycles. The second kappa shape index (κ2) is 8.38. The Hall–Kier alpha value is -2.03. The average Bonchev–Trinajstić information content (AvgIpc) is 2.64. The Kier molecular flexibility index (Phi) is 6.26. The molecule has 0 saturated carbocycles. The summed E-state index contributed by atoms with van der Waals surface area (Å²) >= 11 is 3.41. The first kappa shape index (κ1) is 21.7. The zero-order valence-electron chi connectivity index (χ0n) is 16.1. The van der Waals surface area contributed by atoms with Crippen molar-refractivity contribution >= 4 is 27.9 Å². The fraction of sp³-hybridized carbons (Fsp3) is 0.429. The maximum Gasteiger partial charge on any atom is 0.331 e. The van der Waals surface area contributed by atoms with E-state index in [-0.39, 0.29) is 24.5 Å². The smallest absolute Gasteiger partial charge is 0.331 e. The summed E-state index contributed by atoms with van der Waals surface area (Å²) in [6.45, 7) is 2.53. The molecule has 0 radical (unpaired) electrons. The summed E-state index contributed by atoms with van der Waals surface area (Å²) in [5, 5.41) is 20.0. The van der Waals surface area contributed by atoms with Gasteiger partial charge in [-0.05, 0) is 67.6 Å². The van der Waals surface area contributed by atoms with Gasteiger partial charge in [0.25, 0.3) is 0 Å². The molecule has 3 rings (SSSR count). The van der Waals surface area contributed by atoms with Crippen LogP contribution < -0.4 is 5.73 Å². The lowest BCUT2D eigenvalue weighted by molar-refractivity contribution is -0.150. The van der Waals surface area contributed by atoms with Crippen molar-refractivity contribution in [3.8, 4) is 0 Å². The monoisotopic (exact) mass is 466 g/mol. The van der Waals surface area contributed by atoms with Gasteiger partial charge in [-0.1, -0.05) is 22.0 Å². The minimum absolute atomic E-state index is 0.0774. The van der Waals surface area contributed by atoms with E-state index in [4.69, 9.17) is 5.73 Å². The van der Waals surface area contributed by atoms with Crippen molar-refractivity contribution in [2.45, 2.75) is 44.2 Å². The maximum absolute atomic E-state index is 13.8. The SMILES string of the molecule is CC1=C(C(=O)O)CC(C(=O)O)(N2CCCC(N)C2)C(Cc2cc(F)ccc2Br)=C1. The van der Waals surface area contributed by atoms with Crippen LogP contribution in [0.4, 0.5) is 4.39 Å². The zero-order chi connectivity index (χ0) is 21.3. The third kappa shape index (κ3) is 4.15. The quantitative estimate of drug-likeness (QED) is 0.615. The van der Waals surface area contributed by atoms with Crippen LogP contribution in [0.1, 0.15) is 31.7 Å². The molecule has 1 fully saturated rings. The maximum atomic E-state index is 13.8. The topological polar surface area (TPSA) is 104 Å². The highest BCUT2D eigenvalue weighted by Crippen LogP contribution is 2.41. The second-order valence-electron chi connectivity index (χ2n) is 7.74. The van der Waals surface area contributed by atoms with Crippen LogP contribution in [0.25, 0.3) is 0 Å². The number of benzene rings is 1. The van der Waals surface area contributed by atoms with Crippen molar-refractivity contribution in [3.63, 3.8) is 0 Å². The van der Waals surface area contributed by atoms with Gasteiger partial charge in [0.1, 0.15) is 11.4 Å². The van der Waals surface area contributed by atoms with E-state index in [0.29, 0.717) is 34.3 Å². The molecule has 1 saturated heterocycles. The number of carboxylic acids is 2. The van der Waals surface area contributed by atoms with Gasteiger partial charge in [0, 0.05) is 29.1 Å². The van der Waals surface area contributed by atoms with E-state index in [2.05, 4.69) is 15.9 Å². The van der Waals surface area contributed by atoms with Crippen LogP contribution in [-0.2, 0) is 16.0 Å². The van der Waals surface area contributed by atoms with Crippen LogP contribution in [-0.4, -0.2) is 51.7 Å². The summed E-state index contributed by atoms with van der Waals surface area (Å²) in [6.07, 6.45) is 3.19. The number of halogens is 2. The van der Waals surface area contributed by atoms with Crippen LogP contribution in [0.5, 0.6) is 0 Å². The molecule has 1 heterocycles. The van der Waals surface area contributed by atoms with Crippen molar-refractivity contribution in [2.75, 3.05) is 13.1 Å². The minimum Gasteiger partial charge on any atom is -0.480 e. The van der Waals surface area contributed by atoms with Crippen LogP contribution in [0.3, 0.4) is 0 Å². The van der Waals surface area contributed by atoms with Crippen LogP contribution in [0.2, 0.25) is 0 Å². The zero-order valence-corrected chi connectivity index (χ0v) is 17.7. The summed E-state index contributed by atoms with van der Waals surface area (Å²) in [6, 6.07) is 4.09. The number of aliphatic carboxylic acids is 2. The van der Waals surface area contributed by atoms with Gasteiger partial charge in [0.15, 0.2) is 0 Å². The number of carbonyl (C=O) groups is 2. The van der Waals surface area contributed by atoms with Crippen LogP contribution in [0, 0.1) is 5.82 Å². The van der Waals surface area contributed by atoms with Crippen LogP contribution >= 0.6 is 15.9 Å². The molecule has 2 unspecified atom stereocenters.